The van der Waals surface area contributed by atoms with Gasteiger partial charge in [-0.15, -0.1) is 0 Å². The molecule has 2 amide bonds. The maximum absolute atomic E-state index is 11.4. The summed E-state index contributed by atoms with van der Waals surface area (Å²) >= 11 is 0. The lowest BCUT2D eigenvalue weighted by molar-refractivity contribution is -0.150. The first-order valence-corrected chi connectivity index (χ1v) is 4.09. The van der Waals surface area contributed by atoms with Gasteiger partial charge in [0, 0.05) is 11.1 Å². The number of nitrogens with zero attached hydrogens (tertiary/aromatic N) is 1. The Labute approximate surface area is 81.3 Å². The standard InChI is InChI=1S/C9H11NO4/c1-5-6(2)9(13)10(8(5)12)4-7(11)14-3/h4H2,1-3H3. The molecular formula is C9H11NO4. The molecule has 0 spiro atoms. The highest BCUT2D eigenvalue weighted by molar-refractivity contribution is 6.19. The molecule has 1 aliphatic heterocycles. The average Bonchev–Trinajstić information content (AvgIpc) is 2.35. The van der Waals surface area contributed by atoms with Crippen LogP contribution in [0.25, 0.3) is 0 Å². The Bertz CT molecular complexity index is 319. The van der Waals surface area contributed by atoms with Gasteiger partial charge < -0.3 is 4.74 Å². The minimum atomic E-state index is -0.603. The molecule has 0 radical (unpaired) electrons. The quantitative estimate of drug-likeness (QED) is 0.456. The number of amides is 2. The molecule has 0 unspecified atom stereocenters. The van der Waals surface area contributed by atoms with E-state index in [9.17, 15) is 14.4 Å². The minimum absolute atomic E-state index is 0.317. The zero-order valence-electron chi connectivity index (χ0n) is 8.29. The van der Waals surface area contributed by atoms with Crippen LogP contribution in [0.1, 0.15) is 13.8 Å². The van der Waals surface area contributed by atoms with Crippen molar-refractivity contribution < 1.29 is 19.1 Å². The maximum Gasteiger partial charge on any atom is 0.325 e. The predicted octanol–water partition coefficient (Wildman–Crippen LogP) is -0.135. The SMILES string of the molecule is COC(=O)CN1C(=O)C(C)=C(C)C1=O. The maximum atomic E-state index is 11.4. The van der Waals surface area contributed by atoms with Crippen molar-refractivity contribution in [1.82, 2.24) is 4.90 Å². The topological polar surface area (TPSA) is 63.7 Å². The summed E-state index contributed by atoms with van der Waals surface area (Å²) in [5.41, 5.74) is 0.776. The second-order valence-corrected chi connectivity index (χ2v) is 3.02. The van der Waals surface area contributed by atoms with Gasteiger partial charge in [-0.3, -0.25) is 19.3 Å². The molecule has 1 heterocycles. The van der Waals surface area contributed by atoms with E-state index in [0.717, 1.165) is 4.90 Å². The Balaban J connectivity index is 2.82. The van der Waals surface area contributed by atoms with Crippen LogP contribution in [-0.4, -0.2) is 36.3 Å². The van der Waals surface area contributed by atoms with Gasteiger partial charge in [-0.25, -0.2) is 0 Å². The molecule has 0 aromatic rings. The molecule has 1 aliphatic rings. The van der Waals surface area contributed by atoms with E-state index in [2.05, 4.69) is 4.74 Å². The molecule has 0 aromatic heterocycles. The van der Waals surface area contributed by atoms with Gasteiger partial charge in [0.25, 0.3) is 11.8 Å². The van der Waals surface area contributed by atoms with Gasteiger partial charge in [0.15, 0.2) is 0 Å². The van der Waals surface area contributed by atoms with Crippen molar-refractivity contribution in [2.75, 3.05) is 13.7 Å². The molecule has 0 bridgehead atoms. The molecule has 0 fully saturated rings. The molecule has 0 saturated carbocycles. The van der Waals surface area contributed by atoms with E-state index in [1.165, 1.54) is 7.11 Å². The van der Waals surface area contributed by atoms with Crippen molar-refractivity contribution in [2.24, 2.45) is 0 Å². The fourth-order valence-corrected chi connectivity index (χ4v) is 1.16. The molecular weight excluding hydrogens is 186 g/mol. The highest BCUT2D eigenvalue weighted by Gasteiger charge is 2.34. The fraction of sp³-hybridized carbons (Fsp3) is 0.444. The third kappa shape index (κ3) is 1.53. The average molecular weight is 197 g/mol. The zero-order chi connectivity index (χ0) is 10.9. The molecule has 14 heavy (non-hydrogen) atoms. The fourth-order valence-electron chi connectivity index (χ4n) is 1.16. The van der Waals surface area contributed by atoms with Crippen LogP contribution in [0.3, 0.4) is 0 Å². The van der Waals surface area contributed by atoms with Crippen LogP contribution in [-0.2, 0) is 19.1 Å². The van der Waals surface area contributed by atoms with Crippen LogP contribution >= 0.6 is 0 Å². The first-order valence-electron chi connectivity index (χ1n) is 4.09. The number of methoxy groups -OCH3 is 1. The third-order valence-electron chi connectivity index (χ3n) is 2.21. The van der Waals surface area contributed by atoms with Crippen LogP contribution in [0.15, 0.2) is 11.1 Å². The lowest BCUT2D eigenvalue weighted by Crippen LogP contribution is -2.36. The third-order valence-corrected chi connectivity index (χ3v) is 2.21. The van der Waals surface area contributed by atoms with E-state index in [1.807, 2.05) is 0 Å². The summed E-state index contributed by atoms with van der Waals surface area (Å²) in [5, 5.41) is 0. The van der Waals surface area contributed by atoms with Crippen molar-refractivity contribution in [1.29, 1.82) is 0 Å². The van der Waals surface area contributed by atoms with Gasteiger partial charge in [0.2, 0.25) is 0 Å². The van der Waals surface area contributed by atoms with Gasteiger partial charge >= 0.3 is 5.97 Å². The Kier molecular flexibility index (Phi) is 2.69. The van der Waals surface area contributed by atoms with Crippen molar-refractivity contribution in [2.45, 2.75) is 13.8 Å². The first kappa shape index (κ1) is 10.4. The molecule has 5 nitrogen and oxygen atoms in total. The molecule has 1 rings (SSSR count). The summed E-state index contributed by atoms with van der Waals surface area (Å²) in [6.07, 6.45) is 0. The summed E-state index contributed by atoms with van der Waals surface area (Å²) < 4.78 is 4.38. The van der Waals surface area contributed by atoms with Crippen molar-refractivity contribution in [3.63, 3.8) is 0 Å². The van der Waals surface area contributed by atoms with Gasteiger partial charge in [-0.2, -0.15) is 0 Å². The normalized spacial score (nSPS) is 16.6. The summed E-state index contributed by atoms with van der Waals surface area (Å²) in [7, 11) is 1.21. The molecule has 5 heteroatoms. The summed E-state index contributed by atoms with van der Waals surface area (Å²) in [4.78, 5) is 34.6. The van der Waals surface area contributed by atoms with E-state index >= 15 is 0 Å². The largest absolute Gasteiger partial charge is 0.468 e. The lowest BCUT2D eigenvalue weighted by atomic mass is 10.2. The number of ether oxygens (including phenoxy) is 1. The summed E-state index contributed by atoms with van der Waals surface area (Å²) in [6, 6.07) is 0. The van der Waals surface area contributed by atoms with Crippen LogP contribution in [0.2, 0.25) is 0 Å². The summed E-state index contributed by atoms with van der Waals surface area (Å²) in [6.45, 7) is 2.81. The predicted molar refractivity (Wildman–Crippen MR) is 47.1 cm³/mol. The number of imide groups is 1. The minimum Gasteiger partial charge on any atom is -0.468 e. The van der Waals surface area contributed by atoms with Crippen LogP contribution < -0.4 is 0 Å². The first-order chi connectivity index (χ1) is 6.49. The van der Waals surface area contributed by atoms with E-state index in [0.29, 0.717) is 11.1 Å². The van der Waals surface area contributed by atoms with Crippen LogP contribution in [0.5, 0.6) is 0 Å². The monoisotopic (exact) mass is 197 g/mol. The molecule has 76 valence electrons. The highest BCUT2D eigenvalue weighted by atomic mass is 16.5. The number of esters is 1. The Hall–Kier alpha value is -1.65. The lowest BCUT2D eigenvalue weighted by Gasteiger charge is -2.12. The van der Waals surface area contributed by atoms with Crippen molar-refractivity contribution in [3.05, 3.63) is 11.1 Å². The zero-order valence-corrected chi connectivity index (χ0v) is 8.29. The summed E-state index contributed by atoms with van der Waals surface area (Å²) in [5.74, 6) is -1.44. The second kappa shape index (κ2) is 3.61. The van der Waals surface area contributed by atoms with E-state index in [-0.39, 0.29) is 6.54 Å². The smallest absolute Gasteiger partial charge is 0.325 e. The van der Waals surface area contributed by atoms with Gasteiger partial charge in [0.05, 0.1) is 7.11 Å². The van der Waals surface area contributed by atoms with E-state index in [4.69, 9.17) is 0 Å². The number of carbonyl (C=O) groups is 3. The molecule has 0 N–H and O–H groups in total. The molecule has 0 aromatic carbocycles. The number of hydrogen-bond acceptors (Lipinski definition) is 4. The van der Waals surface area contributed by atoms with E-state index in [1.54, 1.807) is 13.8 Å². The van der Waals surface area contributed by atoms with Gasteiger partial charge in [-0.05, 0) is 13.8 Å². The van der Waals surface area contributed by atoms with Crippen LogP contribution in [0, 0.1) is 0 Å². The number of rotatable bonds is 2. The number of carbonyl (C=O) groups excluding carboxylic acids is 3. The molecule has 0 saturated heterocycles. The van der Waals surface area contributed by atoms with E-state index < -0.39 is 17.8 Å². The van der Waals surface area contributed by atoms with Gasteiger partial charge in [0.1, 0.15) is 6.54 Å². The van der Waals surface area contributed by atoms with Crippen LogP contribution in [0.4, 0.5) is 0 Å². The Morgan fingerprint density at radius 3 is 2.00 bits per heavy atom. The van der Waals surface area contributed by atoms with Crippen molar-refractivity contribution >= 4 is 17.8 Å². The van der Waals surface area contributed by atoms with Gasteiger partial charge in [-0.1, -0.05) is 0 Å². The number of hydrogen-bond donors (Lipinski definition) is 0. The molecule has 0 aliphatic carbocycles. The molecule has 0 atom stereocenters. The second-order valence-electron chi connectivity index (χ2n) is 3.02. The Morgan fingerprint density at radius 2 is 1.64 bits per heavy atom. The van der Waals surface area contributed by atoms with Crippen molar-refractivity contribution in [3.8, 4) is 0 Å². The highest BCUT2D eigenvalue weighted by Crippen LogP contribution is 2.19. The Morgan fingerprint density at radius 1 is 1.21 bits per heavy atom.